The summed E-state index contributed by atoms with van der Waals surface area (Å²) in [7, 11) is 1.34. The zero-order chi connectivity index (χ0) is 18.3. The van der Waals surface area contributed by atoms with Crippen molar-refractivity contribution in [1.82, 2.24) is 4.90 Å². The minimum Gasteiger partial charge on any atom is -0.469 e. The van der Waals surface area contributed by atoms with Gasteiger partial charge in [0.15, 0.2) is 0 Å². The molecule has 0 fully saturated rings. The summed E-state index contributed by atoms with van der Waals surface area (Å²) in [5.74, 6) is -0.860. The lowest BCUT2D eigenvalue weighted by Gasteiger charge is -2.27. The van der Waals surface area contributed by atoms with Crippen LogP contribution in [0.15, 0.2) is 24.3 Å². The van der Waals surface area contributed by atoms with Gasteiger partial charge >= 0.3 is 5.97 Å². The predicted octanol–water partition coefficient (Wildman–Crippen LogP) is 2.55. The Balaban J connectivity index is 2.98. The maximum absolute atomic E-state index is 12.8. The summed E-state index contributed by atoms with van der Waals surface area (Å²) in [4.78, 5) is 37.3. The van der Waals surface area contributed by atoms with Crippen LogP contribution in [0.4, 0.5) is 5.69 Å². The molecule has 0 spiro atoms. The number of nitrogens with one attached hydrogen (secondary N) is 1. The highest BCUT2D eigenvalue weighted by atomic mass is 16.5. The van der Waals surface area contributed by atoms with Crippen molar-refractivity contribution < 1.29 is 19.1 Å². The van der Waals surface area contributed by atoms with Gasteiger partial charge in [-0.1, -0.05) is 26.8 Å². The van der Waals surface area contributed by atoms with Crippen molar-refractivity contribution in [3.63, 3.8) is 0 Å². The smallest absolute Gasteiger partial charge is 0.310 e. The average molecular weight is 334 g/mol. The first-order chi connectivity index (χ1) is 11.2. The zero-order valence-electron chi connectivity index (χ0n) is 15.0. The summed E-state index contributed by atoms with van der Waals surface area (Å²) in [6, 6.07) is 6.78. The van der Waals surface area contributed by atoms with E-state index in [1.165, 1.54) is 14.0 Å². The van der Waals surface area contributed by atoms with Crippen molar-refractivity contribution in [2.45, 2.75) is 27.7 Å². The topological polar surface area (TPSA) is 75.7 Å². The molecule has 6 heteroatoms. The first-order valence-electron chi connectivity index (χ1n) is 7.99. The molecule has 0 aliphatic heterocycles. The van der Waals surface area contributed by atoms with E-state index in [0.29, 0.717) is 17.8 Å². The average Bonchev–Trinajstić information content (AvgIpc) is 2.51. The van der Waals surface area contributed by atoms with E-state index in [1.807, 2.05) is 13.8 Å². The van der Waals surface area contributed by atoms with E-state index in [1.54, 1.807) is 36.1 Å². The molecule has 0 bridgehead atoms. The maximum Gasteiger partial charge on any atom is 0.310 e. The van der Waals surface area contributed by atoms with E-state index >= 15 is 0 Å². The minimum atomic E-state index is -0.406. The van der Waals surface area contributed by atoms with Crippen LogP contribution in [0.25, 0.3) is 0 Å². The van der Waals surface area contributed by atoms with Crippen LogP contribution in [0.3, 0.4) is 0 Å². The molecule has 1 unspecified atom stereocenters. The zero-order valence-corrected chi connectivity index (χ0v) is 15.0. The molecule has 0 aliphatic rings. The van der Waals surface area contributed by atoms with E-state index in [2.05, 4.69) is 5.32 Å². The normalized spacial score (nSPS) is 11.8. The van der Waals surface area contributed by atoms with E-state index < -0.39 is 5.92 Å². The Labute approximate surface area is 143 Å². The van der Waals surface area contributed by atoms with Crippen LogP contribution in [0.1, 0.15) is 38.1 Å². The first-order valence-corrected chi connectivity index (χ1v) is 7.99. The lowest BCUT2D eigenvalue weighted by Crippen LogP contribution is -2.39. The van der Waals surface area contributed by atoms with Gasteiger partial charge in [0.2, 0.25) is 5.91 Å². The van der Waals surface area contributed by atoms with Gasteiger partial charge in [-0.15, -0.1) is 0 Å². The minimum absolute atomic E-state index is 0.174. The second-order valence-corrected chi connectivity index (χ2v) is 6.29. The maximum atomic E-state index is 12.8. The third-order valence-electron chi connectivity index (χ3n) is 3.40. The van der Waals surface area contributed by atoms with Crippen LogP contribution in [-0.2, 0) is 14.3 Å². The number of nitrogens with zero attached hydrogens (tertiary/aromatic N) is 1. The summed E-state index contributed by atoms with van der Waals surface area (Å²) in [6.45, 7) is 7.99. The Morgan fingerprint density at radius 1 is 1.17 bits per heavy atom. The van der Waals surface area contributed by atoms with Crippen LogP contribution >= 0.6 is 0 Å². The van der Waals surface area contributed by atoms with Gasteiger partial charge in [-0.2, -0.15) is 0 Å². The number of carbonyl (C=O) groups excluding carboxylic acids is 3. The summed E-state index contributed by atoms with van der Waals surface area (Å²) in [5.41, 5.74) is 1.04. The van der Waals surface area contributed by atoms with Crippen molar-refractivity contribution in [1.29, 1.82) is 0 Å². The largest absolute Gasteiger partial charge is 0.469 e. The summed E-state index contributed by atoms with van der Waals surface area (Å²) < 4.78 is 4.74. The molecule has 1 rings (SSSR count). The first kappa shape index (κ1) is 19.7. The molecule has 1 aromatic carbocycles. The Bertz CT molecular complexity index is 598. The van der Waals surface area contributed by atoms with E-state index in [9.17, 15) is 14.4 Å². The van der Waals surface area contributed by atoms with Gasteiger partial charge in [0.1, 0.15) is 0 Å². The number of methoxy groups -OCH3 is 1. The van der Waals surface area contributed by atoms with Crippen LogP contribution in [-0.4, -0.2) is 42.9 Å². The third-order valence-corrected chi connectivity index (χ3v) is 3.40. The van der Waals surface area contributed by atoms with Gasteiger partial charge in [-0.3, -0.25) is 14.4 Å². The van der Waals surface area contributed by atoms with Crippen LogP contribution in [0.5, 0.6) is 0 Å². The highest BCUT2D eigenvalue weighted by molar-refractivity contribution is 5.97. The molecule has 0 saturated carbocycles. The second-order valence-electron chi connectivity index (χ2n) is 6.29. The number of ether oxygens (including phenoxy) is 1. The number of hydrogen-bond acceptors (Lipinski definition) is 4. The molecule has 0 aromatic heterocycles. The lowest BCUT2D eigenvalue weighted by molar-refractivity contribution is -0.145. The van der Waals surface area contributed by atoms with Crippen molar-refractivity contribution in [2.24, 2.45) is 11.8 Å². The molecule has 24 heavy (non-hydrogen) atoms. The third kappa shape index (κ3) is 6.02. The molecule has 2 amide bonds. The van der Waals surface area contributed by atoms with Gasteiger partial charge in [0, 0.05) is 31.3 Å². The van der Waals surface area contributed by atoms with E-state index in [4.69, 9.17) is 4.74 Å². The molecule has 1 atom stereocenters. The quantitative estimate of drug-likeness (QED) is 0.778. The van der Waals surface area contributed by atoms with Crippen molar-refractivity contribution in [3.8, 4) is 0 Å². The number of benzene rings is 1. The molecule has 132 valence electrons. The Kier molecular flexibility index (Phi) is 7.42. The van der Waals surface area contributed by atoms with Crippen molar-refractivity contribution in [3.05, 3.63) is 29.8 Å². The molecular formula is C18H26N2O4. The SMILES string of the molecule is COC(=O)C(C)CN(CC(C)C)C(=O)c1cccc(NC(C)=O)c1. The number of hydrogen-bond donors (Lipinski definition) is 1. The molecule has 0 heterocycles. The predicted molar refractivity (Wildman–Crippen MR) is 92.7 cm³/mol. The molecule has 1 N–H and O–H groups in total. The van der Waals surface area contributed by atoms with Gasteiger partial charge in [-0.05, 0) is 24.1 Å². The highest BCUT2D eigenvalue weighted by Gasteiger charge is 2.23. The summed E-state index contributed by atoms with van der Waals surface area (Å²) >= 11 is 0. The lowest BCUT2D eigenvalue weighted by atomic mass is 10.1. The molecule has 6 nitrogen and oxygen atoms in total. The van der Waals surface area contributed by atoms with E-state index in [-0.39, 0.29) is 30.2 Å². The second kappa shape index (κ2) is 9.05. The van der Waals surface area contributed by atoms with Crippen LogP contribution < -0.4 is 5.32 Å². The number of anilines is 1. The van der Waals surface area contributed by atoms with Gasteiger partial charge in [0.25, 0.3) is 5.91 Å². The fraction of sp³-hybridized carbons (Fsp3) is 0.500. The Morgan fingerprint density at radius 2 is 1.83 bits per heavy atom. The number of rotatable bonds is 7. The van der Waals surface area contributed by atoms with Gasteiger partial charge in [0.05, 0.1) is 13.0 Å². The van der Waals surface area contributed by atoms with E-state index in [0.717, 1.165) is 0 Å². The monoisotopic (exact) mass is 334 g/mol. The van der Waals surface area contributed by atoms with Crippen LogP contribution in [0, 0.1) is 11.8 Å². The van der Waals surface area contributed by atoms with Gasteiger partial charge in [-0.25, -0.2) is 0 Å². The highest BCUT2D eigenvalue weighted by Crippen LogP contribution is 2.15. The summed E-state index contributed by atoms with van der Waals surface area (Å²) in [6.07, 6.45) is 0. The number of carbonyl (C=O) groups is 3. The molecule has 1 aromatic rings. The molecule has 0 aliphatic carbocycles. The number of amides is 2. The number of esters is 1. The Hall–Kier alpha value is -2.37. The fourth-order valence-corrected chi connectivity index (χ4v) is 2.40. The van der Waals surface area contributed by atoms with Gasteiger partial charge < -0.3 is 15.0 Å². The molecule has 0 saturated heterocycles. The van der Waals surface area contributed by atoms with Crippen molar-refractivity contribution in [2.75, 3.05) is 25.5 Å². The molecular weight excluding hydrogens is 308 g/mol. The molecule has 0 radical (unpaired) electrons. The summed E-state index contributed by atoms with van der Waals surface area (Å²) in [5, 5.41) is 2.66. The standard InChI is InChI=1S/C18H26N2O4/c1-12(2)10-20(11-13(3)18(23)24-5)17(22)15-7-6-8-16(9-15)19-14(4)21/h6-9,12-13H,10-11H2,1-5H3,(H,19,21). The Morgan fingerprint density at radius 3 is 2.38 bits per heavy atom. The fourth-order valence-electron chi connectivity index (χ4n) is 2.40. The van der Waals surface area contributed by atoms with Crippen molar-refractivity contribution >= 4 is 23.5 Å². The van der Waals surface area contributed by atoms with Crippen LogP contribution in [0.2, 0.25) is 0 Å².